The number of pyridine rings is 2. The maximum atomic E-state index is 13.2. The average molecular weight is 453 g/mol. The van der Waals surface area contributed by atoms with Crippen molar-refractivity contribution in [1.82, 2.24) is 20.3 Å². The Kier molecular flexibility index (Phi) is 5.00. The Morgan fingerprint density at radius 1 is 1.29 bits per heavy atom. The molecular formula is C19H16ClF3N6O2. The van der Waals surface area contributed by atoms with Gasteiger partial charge in [0.1, 0.15) is 23.3 Å². The Balaban J connectivity index is 1.67. The summed E-state index contributed by atoms with van der Waals surface area (Å²) in [7, 11) is 1.47. The van der Waals surface area contributed by atoms with Gasteiger partial charge in [0.15, 0.2) is 0 Å². The topological polar surface area (TPSA) is 94.2 Å². The molecule has 162 valence electrons. The monoisotopic (exact) mass is 452 g/mol. The van der Waals surface area contributed by atoms with Gasteiger partial charge in [0.25, 0.3) is 5.91 Å². The van der Waals surface area contributed by atoms with E-state index in [0.29, 0.717) is 16.1 Å². The second-order valence-corrected chi connectivity index (χ2v) is 7.43. The number of carbonyl (C=O) groups excluding carboxylic acids is 2. The molecule has 0 spiro atoms. The third-order valence-electron chi connectivity index (χ3n) is 4.92. The number of aryl methyl sites for hydroxylation is 1. The summed E-state index contributed by atoms with van der Waals surface area (Å²) in [4.78, 5) is 39.0. The molecule has 2 N–H and O–H groups in total. The van der Waals surface area contributed by atoms with Gasteiger partial charge >= 0.3 is 12.2 Å². The molecule has 1 aliphatic heterocycles. The highest BCUT2D eigenvalue weighted by Gasteiger charge is 2.41. The van der Waals surface area contributed by atoms with Crippen molar-refractivity contribution in [1.29, 1.82) is 0 Å². The maximum absolute atomic E-state index is 13.2. The zero-order valence-corrected chi connectivity index (χ0v) is 17.0. The molecule has 0 radical (unpaired) electrons. The van der Waals surface area contributed by atoms with E-state index >= 15 is 0 Å². The predicted octanol–water partition coefficient (Wildman–Crippen LogP) is 3.50. The number of nitrogens with one attached hydrogen (secondary N) is 2. The first-order chi connectivity index (χ1) is 14.6. The van der Waals surface area contributed by atoms with Crippen molar-refractivity contribution < 1.29 is 22.8 Å². The van der Waals surface area contributed by atoms with Crippen LogP contribution in [0.5, 0.6) is 0 Å². The second-order valence-electron chi connectivity index (χ2n) is 7.02. The summed E-state index contributed by atoms with van der Waals surface area (Å²) in [5.41, 5.74) is -0.417. The van der Waals surface area contributed by atoms with Crippen LogP contribution in [0, 0.1) is 6.92 Å². The molecule has 0 aliphatic carbocycles. The van der Waals surface area contributed by atoms with E-state index in [1.807, 2.05) is 0 Å². The lowest BCUT2D eigenvalue weighted by Gasteiger charge is -2.26. The Labute approximate surface area is 179 Å². The standard InChI is InChI=1S/C19H16ClF3N6O2/c1-9-5-10(19(21,22)23)6-15(26-9)29-13(8-25-18(29)31)17(30)28(2)14-4-3-11-12(20)7-24-16(11)27-14/h3-7,13H,8H2,1-2H3,(H,24,27)(H,25,31)/t13-/m0/s1. The number of hydrogen-bond acceptors (Lipinski definition) is 4. The van der Waals surface area contributed by atoms with Crippen LogP contribution in [0.2, 0.25) is 5.02 Å². The number of hydrogen-bond donors (Lipinski definition) is 2. The van der Waals surface area contributed by atoms with Gasteiger partial charge in [-0.2, -0.15) is 13.2 Å². The number of H-pyrrole nitrogens is 1. The van der Waals surface area contributed by atoms with Crippen LogP contribution in [0.3, 0.4) is 0 Å². The molecule has 0 saturated carbocycles. The van der Waals surface area contributed by atoms with Gasteiger partial charge in [0, 0.05) is 30.9 Å². The number of urea groups is 1. The Bertz CT molecular complexity index is 1200. The second kappa shape index (κ2) is 7.41. The summed E-state index contributed by atoms with van der Waals surface area (Å²) < 4.78 is 39.7. The zero-order chi connectivity index (χ0) is 22.5. The van der Waals surface area contributed by atoms with Crippen molar-refractivity contribution in [3.8, 4) is 0 Å². The minimum absolute atomic E-state index is 0.0693. The Hall–Kier alpha value is -3.34. The highest BCUT2D eigenvalue weighted by atomic mass is 35.5. The molecule has 0 unspecified atom stereocenters. The number of likely N-dealkylation sites (N-methyl/N-ethyl adjacent to an activating group) is 1. The lowest BCUT2D eigenvalue weighted by atomic mass is 10.2. The number of fused-ring (bicyclic) bond motifs is 1. The fourth-order valence-electron chi connectivity index (χ4n) is 3.39. The number of aromatic nitrogens is 3. The maximum Gasteiger partial charge on any atom is 0.416 e. The van der Waals surface area contributed by atoms with Crippen LogP contribution >= 0.6 is 11.6 Å². The van der Waals surface area contributed by atoms with E-state index in [1.54, 1.807) is 18.3 Å². The van der Waals surface area contributed by atoms with Crippen molar-refractivity contribution in [3.05, 3.63) is 46.7 Å². The molecule has 1 saturated heterocycles. The number of amides is 3. The Morgan fingerprint density at radius 2 is 2.03 bits per heavy atom. The zero-order valence-electron chi connectivity index (χ0n) is 16.3. The van der Waals surface area contributed by atoms with Crippen LogP contribution in [0.1, 0.15) is 11.3 Å². The van der Waals surface area contributed by atoms with Crippen molar-refractivity contribution in [2.45, 2.75) is 19.1 Å². The minimum atomic E-state index is -4.62. The molecule has 0 bridgehead atoms. The molecule has 4 rings (SSSR count). The summed E-state index contributed by atoms with van der Waals surface area (Å²) in [6, 6.07) is 3.09. The van der Waals surface area contributed by atoms with E-state index in [4.69, 9.17) is 11.6 Å². The first-order valence-electron chi connectivity index (χ1n) is 9.10. The smallest absolute Gasteiger partial charge is 0.345 e. The largest absolute Gasteiger partial charge is 0.416 e. The first kappa shape index (κ1) is 20.9. The molecule has 3 aromatic rings. The van der Waals surface area contributed by atoms with Gasteiger partial charge in [-0.3, -0.25) is 14.6 Å². The van der Waals surface area contributed by atoms with Gasteiger partial charge in [-0.25, -0.2) is 14.8 Å². The number of nitrogens with zero attached hydrogens (tertiary/aromatic N) is 4. The van der Waals surface area contributed by atoms with Crippen LogP contribution in [0.25, 0.3) is 11.0 Å². The number of halogens is 4. The van der Waals surface area contributed by atoms with Crippen LogP contribution in [0.4, 0.5) is 29.6 Å². The third kappa shape index (κ3) is 3.76. The molecule has 4 heterocycles. The van der Waals surface area contributed by atoms with E-state index in [0.717, 1.165) is 17.0 Å². The summed E-state index contributed by atoms with van der Waals surface area (Å²) in [6.07, 6.45) is -3.06. The quantitative estimate of drug-likeness (QED) is 0.636. The molecule has 0 aromatic carbocycles. The van der Waals surface area contributed by atoms with Gasteiger partial charge < -0.3 is 10.3 Å². The normalized spacial score (nSPS) is 16.6. The number of rotatable bonds is 3. The Morgan fingerprint density at radius 3 is 2.74 bits per heavy atom. The van der Waals surface area contributed by atoms with Crippen LogP contribution in [0.15, 0.2) is 30.5 Å². The van der Waals surface area contributed by atoms with Gasteiger partial charge in [-0.15, -0.1) is 0 Å². The SMILES string of the molecule is Cc1cc(C(F)(F)F)cc(N2C(=O)NC[C@H]2C(=O)N(C)c2ccc3c(Cl)c[nH]c3n2)n1. The van der Waals surface area contributed by atoms with Crippen molar-refractivity contribution in [2.75, 3.05) is 23.4 Å². The minimum Gasteiger partial charge on any atom is -0.345 e. The van der Waals surface area contributed by atoms with Gasteiger partial charge in [-0.05, 0) is 31.2 Å². The number of alkyl halides is 3. The first-order valence-corrected chi connectivity index (χ1v) is 9.48. The van der Waals surface area contributed by atoms with E-state index < -0.39 is 29.7 Å². The molecule has 31 heavy (non-hydrogen) atoms. The number of carbonyl (C=O) groups is 2. The highest BCUT2D eigenvalue weighted by molar-refractivity contribution is 6.35. The number of aromatic amines is 1. The van der Waals surface area contributed by atoms with Gasteiger partial charge in [0.05, 0.1) is 10.6 Å². The van der Waals surface area contributed by atoms with Crippen molar-refractivity contribution in [2.24, 2.45) is 0 Å². The fraction of sp³-hybridized carbons (Fsp3) is 0.263. The van der Waals surface area contributed by atoms with Crippen molar-refractivity contribution in [3.63, 3.8) is 0 Å². The van der Waals surface area contributed by atoms with E-state index in [9.17, 15) is 22.8 Å². The average Bonchev–Trinajstić information content (AvgIpc) is 3.28. The molecular weight excluding hydrogens is 437 g/mol. The molecule has 1 aliphatic rings. The molecule has 3 aromatic heterocycles. The van der Waals surface area contributed by atoms with Crippen LogP contribution in [-0.4, -0.2) is 46.5 Å². The summed E-state index contributed by atoms with van der Waals surface area (Å²) >= 11 is 6.04. The summed E-state index contributed by atoms with van der Waals surface area (Å²) in [5.74, 6) is -0.517. The molecule has 8 nitrogen and oxygen atoms in total. The van der Waals surface area contributed by atoms with Gasteiger partial charge in [0.2, 0.25) is 0 Å². The van der Waals surface area contributed by atoms with Crippen LogP contribution < -0.4 is 15.1 Å². The lowest BCUT2D eigenvalue weighted by Crippen LogP contribution is -2.47. The predicted molar refractivity (Wildman–Crippen MR) is 108 cm³/mol. The van der Waals surface area contributed by atoms with E-state index in [-0.39, 0.29) is 23.9 Å². The van der Waals surface area contributed by atoms with Crippen LogP contribution in [-0.2, 0) is 11.0 Å². The molecule has 1 fully saturated rings. The van der Waals surface area contributed by atoms with Gasteiger partial charge in [-0.1, -0.05) is 11.6 Å². The fourth-order valence-corrected chi connectivity index (χ4v) is 3.59. The van der Waals surface area contributed by atoms with Crippen molar-refractivity contribution >= 4 is 46.2 Å². The molecule has 1 atom stereocenters. The lowest BCUT2D eigenvalue weighted by molar-refractivity contribution is -0.137. The highest BCUT2D eigenvalue weighted by Crippen LogP contribution is 2.33. The number of anilines is 2. The molecule has 3 amide bonds. The summed E-state index contributed by atoms with van der Waals surface area (Å²) in [5, 5.41) is 3.64. The molecule has 12 heteroatoms. The third-order valence-corrected chi connectivity index (χ3v) is 5.24. The van der Waals surface area contributed by atoms with E-state index in [1.165, 1.54) is 18.9 Å². The van der Waals surface area contributed by atoms with E-state index in [2.05, 4.69) is 20.3 Å². The summed E-state index contributed by atoms with van der Waals surface area (Å²) in [6.45, 7) is 1.30.